The van der Waals surface area contributed by atoms with Gasteiger partial charge >= 0.3 is 6.09 Å². The van der Waals surface area contributed by atoms with E-state index in [1.807, 2.05) is 133 Å². The van der Waals surface area contributed by atoms with Gasteiger partial charge in [-0.1, -0.05) is 128 Å². The number of ether oxygens (including phenoxy) is 3. The minimum absolute atomic E-state index is 0.0504. The summed E-state index contributed by atoms with van der Waals surface area (Å²) in [6, 6.07) is 41.3. The lowest BCUT2D eigenvalue weighted by atomic mass is 9.91. The molecule has 6 aromatic rings. The number of amides is 3. The third kappa shape index (κ3) is 9.26. The van der Waals surface area contributed by atoms with Gasteiger partial charge in [-0.3, -0.25) is 14.5 Å². The summed E-state index contributed by atoms with van der Waals surface area (Å²) >= 11 is 1.51. The van der Waals surface area contributed by atoms with Crippen LogP contribution < -0.4 is 5.32 Å². The van der Waals surface area contributed by atoms with Crippen LogP contribution in [0.4, 0.5) is 4.79 Å². The van der Waals surface area contributed by atoms with E-state index in [0.717, 1.165) is 44.6 Å². The number of alkyl carbamates (subject to hydrolysis) is 1. The highest BCUT2D eigenvalue weighted by Gasteiger charge is 2.40. The second kappa shape index (κ2) is 18.2. The fourth-order valence-corrected chi connectivity index (χ4v) is 8.29. The van der Waals surface area contributed by atoms with Gasteiger partial charge in [-0.2, -0.15) is 4.68 Å². The minimum atomic E-state index is -0.999. The molecule has 1 aromatic heterocycles. The lowest BCUT2D eigenvalue weighted by Gasteiger charge is -2.41. The molecular formula is C45H42N6O7S. The van der Waals surface area contributed by atoms with Crippen molar-refractivity contribution in [2.24, 2.45) is 5.92 Å². The van der Waals surface area contributed by atoms with E-state index in [4.69, 9.17) is 14.2 Å². The van der Waals surface area contributed by atoms with E-state index in [2.05, 4.69) is 27.8 Å². The Morgan fingerprint density at radius 3 is 2.31 bits per heavy atom. The number of nitrogens with one attached hydrogen (secondary N) is 1. The Morgan fingerprint density at radius 1 is 0.831 bits per heavy atom. The zero-order valence-corrected chi connectivity index (χ0v) is 33.0. The summed E-state index contributed by atoms with van der Waals surface area (Å²) in [5.74, 6) is -0.350. The highest BCUT2D eigenvalue weighted by atomic mass is 32.2. The number of hydrogen-bond donors (Lipinski definition) is 2. The molecule has 0 spiro atoms. The number of carbonyl (C=O) groups excluding carboxylic acids is 3. The molecule has 0 bridgehead atoms. The fourth-order valence-electron chi connectivity index (χ4n) is 7.23. The number of aliphatic hydroxyl groups is 1. The SMILES string of the molecule is C[C@@H]1[C@H](CSc2nnnn2-c2ccccc2)O[C@H](c2cccc(-c3cccc(CN4C(=O)CC(NC(=O)OCc5ccccc5)C4=O)c3)c2)O[C@@H]1c1ccc(CO)cc1. The van der Waals surface area contributed by atoms with Crippen LogP contribution in [-0.2, 0) is 43.6 Å². The van der Waals surface area contributed by atoms with E-state index in [0.29, 0.717) is 10.9 Å². The maximum Gasteiger partial charge on any atom is 0.408 e. The standard InChI is InChI=1S/C45H42N6O7S/c1-29-39(28-59-44-47-48-49-51(44)37-16-6-3-7-17-37)57-43(58-41(29)33-20-18-30(26-52)19-21-33)36-15-9-14-35(23-36)34-13-8-12-32(22-34)25-50-40(53)24-38(42(50)54)46-45(55)56-27-31-10-4-2-5-11-31/h2-23,29,38-39,41,43,52H,24-28H2,1H3,(H,46,55)/t29-,38?,39+,41+,43+/m1/s1. The molecule has 1 unspecified atom stereocenters. The molecule has 2 aliphatic rings. The van der Waals surface area contributed by atoms with Crippen molar-refractivity contribution in [1.82, 2.24) is 30.4 Å². The molecule has 2 N–H and O–H groups in total. The van der Waals surface area contributed by atoms with Crippen molar-refractivity contribution in [1.29, 1.82) is 0 Å². The maximum atomic E-state index is 13.3. The van der Waals surface area contributed by atoms with Gasteiger partial charge in [-0.05, 0) is 68.1 Å². The third-order valence-corrected chi connectivity index (χ3v) is 11.5. The van der Waals surface area contributed by atoms with Gasteiger partial charge in [0.1, 0.15) is 12.6 Å². The first-order valence-corrected chi connectivity index (χ1v) is 20.3. The van der Waals surface area contributed by atoms with E-state index in [1.54, 1.807) is 4.68 Å². The number of benzene rings is 5. The molecule has 5 atom stereocenters. The molecule has 8 rings (SSSR count). The molecule has 5 aromatic carbocycles. The van der Waals surface area contributed by atoms with Gasteiger partial charge in [0.05, 0.1) is 37.5 Å². The van der Waals surface area contributed by atoms with Crippen molar-refractivity contribution in [3.8, 4) is 16.8 Å². The number of imide groups is 1. The second-order valence-electron chi connectivity index (χ2n) is 14.4. The molecule has 3 amide bonds. The summed E-state index contributed by atoms with van der Waals surface area (Å²) in [5.41, 5.74) is 6.80. The third-order valence-electron chi connectivity index (χ3n) is 10.5. The van der Waals surface area contributed by atoms with Gasteiger partial charge in [0.2, 0.25) is 11.1 Å². The molecule has 0 saturated carbocycles. The first-order valence-electron chi connectivity index (χ1n) is 19.3. The lowest BCUT2D eigenvalue weighted by Crippen LogP contribution is -2.41. The number of thioether (sulfide) groups is 1. The molecule has 0 aliphatic carbocycles. The number of hydrogen-bond acceptors (Lipinski definition) is 11. The lowest BCUT2D eigenvalue weighted by molar-refractivity contribution is -0.268. The Labute approximate surface area is 345 Å². The van der Waals surface area contributed by atoms with Crippen LogP contribution >= 0.6 is 11.8 Å². The molecule has 14 heteroatoms. The van der Waals surface area contributed by atoms with E-state index in [-0.39, 0.29) is 50.2 Å². The van der Waals surface area contributed by atoms with Gasteiger partial charge in [0.15, 0.2) is 6.29 Å². The molecule has 59 heavy (non-hydrogen) atoms. The predicted octanol–water partition coefficient (Wildman–Crippen LogP) is 6.96. The monoisotopic (exact) mass is 810 g/mol. The van der Waals surface area contributed by atoms with Crippen molar-refractivity contribution in [2.75, 3.05) is 5.75 Å². The Hall–Kier alpha value is -6.19. The van der Waals surface area contributed by atoms with Crippen LogP contribution in [0, 0.1) is 5.92 Å². The number of rotatable bonds is 13. The first-order chi connectivity index (χ1) is 28.8. The molecule has 0 radical (unpaired) electrons. The van der Waals surface area contributed by atoms with Crippen molar-refractivity contribution in [2.45, 2.75) is 62.8 Å². The number of tetrazole rings is 1. The van der Waals surface area contributed by atoms with E-state index in [9.17, 15) is 19.5 Å². The molecule has 2 fully saturated rings. The zero-order valence-electron chi connectivity index (χ0n) is 32.2. The number of aliphatic hydroxyl groups excluding tert-OH is 1. The summed E-state index contributed by atoms with van der Waals surface area (Å²) in [4.78, 5) is 39.9. The Balaban J connectivity index is 0.973. The molecule has 13 nitrogen and oxygen atoms in total. The van der Waals surface area contributed by atoms with E-state index < -0.39 is 24.3 Å². The number of likely N-dealkylation sites (tertiary alicyclic amines) is 1. The molecular weight excluding hydrogens is 769 g/mol. The van der Waals surface area contributed by atoms with Crippen molar-refractivity contribution < 1.29 is 33.7 Å². The van der Waals surface area contributed by atoms with Crippen LogP contribution in [0.3, 0.4) is 0 Å². The average molecular weight is 811 g/mol. The largest absolute Gasteiger partial charge is 0.445 e. The number of nitrogens with zero attached hydrogens (tertiary/aromatic N) is 5. The van der Waals surface area contributed by atoms with Gasteiger partial charge in [0.25, 0.3) is 5.91 Å². The van der Waals surface area contributed by atoms with Gasteiger partial charge in [-0.25, -0.2) is 4.79 Å². The van der Waals surface area contributed by atoms with Crippen LogP contribution in [-0.4, -0.2) is 66.0 Å². The summed E-state index contributed by atoms with van der Waals surface area (Å²) in [6.07, 6.45) is -2.18. The number of carbonyl (C=O) groups is 3. The molecule has 2 saturated heterocycles. The summed E-state index contributed by atoms with van der Waals surface area (Å²) in [5, 5.41) is 25.3. The van der Waals surface area contributed by atoms with Crippen molar-refractivity contribution >= 4 is 29.7 Å². The highest BCUT2D eigenvalue weighted by molar-refractivity contribution is 7.99. The van der Waals surface area contributed by atoms with Gasteiger partial charge in [-0.15, -0.1) is 5.10 Å². The van der Waals surface area contributed by atoms with Crippen LogP contribution in [0.15, 0.2) is 139 Å². The maximum absolute atomic E-state index is 13.3. The van der Waals surface area contributed by atoms with E-state index in [1.165, 1.54) is 16.7 Å². The summed E-state index contributed by atoms with van der Waals surface area (Å²) in [6.45, 7) is 2.17. The average Bonchev–Trinajstić information content (AvgIpc) is 3.86. The molecule has 2 aliphatic heterocycles. The smallest absolute Gasteiger partial charge is 0.408 e. The number of aromatic nitrogens is 4. The first kappa shape index (κ1) is 39.6. The van der Waals surface area contributed by atoms with Crippen LogP contribution in [0.2, 0.25) is 0 Å². The Bertz CT molecular complexity index is 2400. The topological polar surface area (TPSA) is 158 Å². The molecule has 3 heterocycles. The predicted molar refractivity (Wildman–Crippen MR) is 218 cm³/mol. The molecule has 300 valence electrons. The Kier molecular flexibility index (Phi) is 12.2. The van der Waals surface area contributed by atoms with Crippen LogP contribution in [0.5, 0.6) is 0 Å². The van der Waals surface area contributed by atoms with Gasteiger partial charge < -0.3 is 24.6 Å². The number of para-hydroxylation sites is 1. The van der Waals surface area contributed by atoms with Crippen molar-refractivity contribution in [3.05, 3.63) is 161 Å². The van der Waals surface area contributed by atoms with Gasteiger partial charge in [0, 0.05) is 17.2 Å². The van der Waals surface area contributed by atoms with Crippen LogP contribution in [0.25, 0.3) is 16.8 Å². The summed E-state index contributed by atoms with van der Waals surface area (Å²) in [7, 11) is 0. The highest BCUT2D eigenvalue weighted by Crippen LogP contribution is 2.43. The normalized spacial score (nSPS) is 20.4. The minimum Gasteiger partial charge on any atom is -0.445 e. The Morgan fingerprint density at radius 2 is 1.54 bits per heavy atom. The van der Waals surface area contributed by atoms with Crippen LogP contribution in [0.1, 0.15) is 53.6 Å². The van der Waals surface area contributed by atoms with E-state index >= 15 is 0 Å². The van der Waals surface area contributed by atoms with Crippen molar-refractivity contribution in [3.63, 3.8) is 0 Å². The zero-order chi connectivity index (χ0) is 40.7. The summed E-state index contributed by atoms with van der Waals surface area (Å²) < 4.78 is 20.5. The fraction of sp³-hybridized carbons (Fsp3) is 0.244. The second-order valence-corrected chi connectivity index (χ2v) is 15.4. The quantitative estimate of drug-likeness (QED) is 0.0918.